The van der Waals surface area contributed by atoms with Crippen molar-refractivity contribution in [3.8, 4) is 0 Å². The molecule has 0 aliphatic heterocycles. The Bertz CT molecular complexity index is 553. The van der Waals surface area contributed by atoms with Crippen LogP contribution in [0.4, 0.5) is 5.13 Å². The molecule has 0 bridgehead atoms. The van der Waals surface area contributed by atoms with Gasteiger partial charge in [-0.25, -0.2) is 4.98 Å². The van der Waals surface area contributed by atoms with Crippen LogP contribution >= 0.6 is 22.9 Å². The summed E-state index contributed by atoms with van der Waals surface area (Å²) in [6.07, 6.45) is 0. The van der Waals surface area contributed by atoms with E-state index in [1.54, 1.807) is 14.1 Å². The van der Waals surface area contributed by atoms with Crippen LogP contribution < -0.4 is 5.32 Å². The molecule has 90 valence electrons. The van der Waals surface area contributed by atoms with Crippen molar-refractivity contribution in [3.05, 3.63) is 23.2 Å². The highest BCUT2D eigenvalue weighted by Crippen LogP contribution is 2.31. The van der Waals surface area contributed by atoms with E-state index in [1.165, 1.54) is 16.2 Å². The van der Waals surface area contributed by atoms with Crippen LogP contribution in [-0.4, -0.2) is 36.4 Å². The third-order valence-corrected chi connectivity index (χ3v) is 3.75. The van der Waals surface area contributed by atoms with Gasteiger partial charge in [0.25, 0.3) is 0 Å². The van der Waals surface area contributed by atoms with Gasteiger partial charge >= 0.3 is 0 Å². The summed E-state index contributed by atoms with van der Waals surface area (Å²) in [7, 11) is 3.44. The molecule has 2 aromatic rings. The van der Waals surface area contributed by atoms with E-state index in [0.29, 0.717) is 10.2 Å². The number of thiazole rings is 1. The fourth-order valence-electron chi connectivity index (χ4n) is 1.30. The molecule has 1 aromatic heterocycles. The molecule has 0 atom stereocenters. The van der Waals surface area contributed by atoms with Crippen molar-refractivity contribution in [3.63, 3.8) is 0 Å². The van der Waals surface area contributed by atoms with Crippen molar-refractivity contribution in [2.75, 3.05) is 26.0 Å². The number of carbonyl (C=O) groups is 1. The van der Waals surface area contributed by atoms with Gasteiger partial charge in [-0.05, 0) is 12.1 Å². The Morgan fingerprint density at radius 3 is 2.94 bits per heavy atom. The maximum atomic E-state index is 11.4. The second-order valence-corrected chi connectivity index (χ2v) is 5.16. The zero-order chi connectivity index (χ0) is 12.4. The van der Waals surface area contributed by atoms with Crippen LogP contribution in [0.2, 0.25) is 5.02 Å². The smallest absolute Gasteiger partial charge is 0.241 e. The molecule has 17 heavy (non-hydrogen) atoms. The van der Waals surface area contributed by atoms with Gasteiger partial charge in [-0.15, -0.1) is 0 Å². The molecular formula is C11H12ClN3OS. The fraction of sp³-hybridized carbons (Fsp3) is 0.273. The lowest BCUT2D eigenvalue weighted by Crippen LogP contribution is -2.28. The summed E-state index contributed by atoms with van der Waals surface area (Å²) in [4.78, 5) is 17.3. The van der Waals surface area contributed by atoms with Gasteiger partial charge in [-0.2, -0.15) is 0 Å². The molecule has 0 radical (unpaired) electrons. The Balaban J connectivity index is 2.15. The van der Waals surface area contributed by atoms with Crippen molar-refractivity contribution >= 4 is 44.2 Å². The Morgan fingerprint density at radius 2 is 2.29 bits per heavy atom. The SMILES string of the molecule is CN(C)C(=O)CNc1nc2cccc(Cl)c2s1. The van der Waals surface area contributed by atoms with Gasteiger partial charge in [0.05, 0.1) is 21.8 Å². The predicted octanol–water partition coefficient (Wildman–Crippen LogP) is 2.45. The minimum atomic E-state index is 0.00959. The Kier molecular flexibility index (Phi) is 3.49. The van der Waals surface area contributed by atoms with E-state index < -0.39 is 0 Å². The van der Waals surface area contributed by atoms with Crippen LogP contribution in [0.3, 0.4) is 0 Å². The van der Waals surface area contributed by atoms with Gasteiger partial charge in [0.15, 0.2) is 5.13 Å². The zero-order valence-corrected chi connectivity index (χ0v) is 11.1. The molecule has 2 rings (SSSR count). The average Bonchev–Trinajstić information content (AvgIpc) is 2.70. The van der Waals surface area contributed by atoms with E-state index >= 15 is 0 Å². The third kappa shape index (κ3) is 2.68. The predicted molar refractivity (Wildman–Crippen MR) is 71.8 cm³/mol. The molecule has 0 saturated carbocycles. The maximum Gasteiger partial charge on any atom is 0.241 e. The molecule has 1 aromatic carbocycles. The summed E-state index contributed by atoms with van der Waals surface area (Å²) >= 11 is 7.50. The number of hydrogen-bond donors (Lipinski definition) is 1. The van der Waals surface area contributed by atoms with Crippen LogP contribution in [0.15, 0.2) is 18.2 Å². The molecule has 0 saturated heterocycles. The van der Waals surface area contributed by atoms with Gasteiger partial charge in [0.2, 0.25) is 5.91 Å². The first-order valence-electron chi connectivity index (χ1n) is 5.07. The van der Waals surface area contributed by atoms with Crippen molar-refractivity contribution in [1.82, 2.24) is 9.88 Å². The number of aromatic nitrogens is 1. The highest BCUT2D eigenvalue weighted by molar-refractivity contribution is 7.22. The number of nitrogens with zero attached hydrogens (tertiary/aromatic N) is 2. The number of hydrogen-bond acceptors (Lipinski definition) is 4. The highest BCUT2D eigenvalue weighted by Gasteiger charge is 2.08. The van der Waals surface area contributed by atoms with Crippen molar-refractivity contribution in [2.24, 2.45) is 0 Å². The van der Waals surface area contributed by atoms with Crippen molar-refractivity contribution < 1.29 is 4.79 Å². The molecule has 0 spiro atoms. The van der Waals surface area contributed by atoms with Crippen molar-refractivity contribution in [1.29, 1.82) is 0 Å². The minimum absolute atomic E-state index is 0.00959. The summed E-state index contributed by atoms with van der Waals surface area (Å²) in [5, 5.41) is 4.40. The van der Waals surface area contributed by atoms with E-state index in [4.69, 9.17) is 11.6 Å². The van der Waals surface area contributed by atoms with E-state index in [0.717, 1.165) is 10.2 Å². The van der Waals surface area contributed by atoms with E-state index in [-0.39, 0.29) is 12.5 Å². The number of halogens is 1. The van der Waals surface area contributed by atoms with Gasteiger partial charge in [-0.3, -0.25) is 4.79 Å². The van der Waals surface area contributed by atoms with Gasteiger partial charge < -0.3 is 10.2 Å². The van der Waals surface area contributed by atoms with E-state index in [2.05, 4.69) is 10.3 Å². The van der Waals surface area contributed by atoms with Crippen LogP contribution in [-0.2, 0) is 4.79 Å². The minimum Gasteiger partial charge on any atom is -0.352 e. The summed E-state index contributed by atoms with van der Waals surface area (Å²) in [5.74, 6) is 0.00959. The number of anilines is 1. The normalized spacial score (nSPS) is 10.5. The number of benzene rings is 1. The maximum absolute atomic E-state index is 11.4. The summed E-state index contributed by atoms with van der Waals surface area (Å²) in [5.41, 5.74) is 0.849. The monoisotopic (exact) mass is 269 g/mol. The number of likely N-dealkylation sites (N-methyl/N-ethyl adjacent to an activating group) is 1. The topological polar surface area (TPSA) is 45.2 Å². The molecule has 6 heteroatoms. The Hall–Kier alpha value is -1.33. The lowest BCUT2D eigenvalue weighted by Gasteiger charge is -2.09. The Labute approximate surface area is 108 Å². The fourth-order valence-corrected chi connectivity index (χ4v) is 2.45. The number of nitrogens with one attached hydrogen (secondary N) is 1. The van der Waals surface area contributed by atoms with Gasteiger partial charge in [0.1, 0.15) is 0 Å². The molecule has 0 aliphatic rings. The molecule has 1 heterocycles. The van der Waals surface area contributed by atoms with E-state index in [9.17, 15) is 4.79 Å². The first kappa shape index (κ1) is 12.1. The zero-order valence-electron chi connectivity index (χ0n) is 9.53. The summed E-state index contributed by atoms with van der Waals surface area (Å²) in [6.45, 7) is 0.241. The van der Waals surface area contributed by atoms with Gasteiger partial charge in [0, 0.05) is 14.1 Å². The molecule has 0 fully saturated rings. The Morgan fingerprint density at radius 1 is 1.53 bits per heavy atom. The number of carbonyl (C=O) groups excluding carboxylic acids is 1. The second-order valence-electron chi connectivity index (χ2n) is 3.75. The highest BCUT2D eigenvalue weighted by atomic mass is 35.5. The first-order valence-corrected chi connectivity index (χ1v) is 6.26. The molecule has 0 aliphatic carbocycles. The third-order valence-electron chi connectivity index (χ3n) is 2.26. The number of rotatable bonds is 3. The lowest BCUT2D eigenvalue weighted by atomic mass is 10.3. The number of fused-ring (bicyclic) bond motifs is 1. The molecule has 1 amide bonds. The van der Waals surface area contributed by atoms with E-state index in [1.807, 2.05) is 18.2 Å². The largest absolute Gasteiger partial charge is 0.352 e. The summed E-state index contributed by atoms with van der Waals surface area (Å²) in [6, 6.07) is 5.59. The van der Waals surface area contributed by atoms with Crippen LogP contribution in [0.5, 0.6) is 0 Å². The van der Waals surface area contributed by atoms with Crippen LogP contribution in [0, 0.1) is 0 Å². The number of amides is 1. The average molecular weight is 270 g/mol. The molecular weight excluding hydrogens is 258 g/mol. The quantitative estimate of drug-likeness (QED) is 0.931. The second kappa shape index (κ2) is 4.89. The van der Waals surface area contributed by atoms with Gasteiger partial charge in [-0.1, -0.05) is 29.0 Å². The van der Waals surface area contributed by atoms with Crippen molar-refractivity contribution in [2.45, 2.75) is 0 Å². The van der Waals surface area contributed by atoms with Crippen LogP contribution in [0.1, 0.15) is 0 Å². The first-order chi connectivity index (χ1) is 8.08. The standard InChI is InChI=1S/C11H12ClN3OS/c1-15(2)9(16)6-13-11-14-8-5-3-4-7(12)10(8)17-11/h3-5H,6H2,1-2H3,(H,13,14). The molecule has 1 N–H and O–H groups in total. The molecule has 0 unspecified atom stereocenters. The lowest BCUT2D eigenvalue weighted by molar-refractivity contribution is -0.126. The molecule has 4 nitrogen and oxygen atoms in total. The summed E-state index contributed by atoms with van der Waals surface area (Å²) < 4.78 is 0.939. The van der Waals surface area contributed by atoms with Crippen LogP contribution in [0.25, 0.3) is 10.2 Å².